The molecule has 0 bridgehead atoms. The Morgan fingerprint density at radius 1 is 1.35 bits per heavy atom. The molecule has 2 N–H and O–H groups in total. The molecule has 1 aromatic rings. The third-order valence-corrected chi connectivity index (χ3v) is 2.43. The molecule has 1 rings (SSSR count). The summed E-state index contributed by atoms with van der Waals surface area (Å²) in [7, 11) is 0. The van der Waals surface area contributed by atoms with Crippen LogP contribution in [0.3, 0.4) is 0 Å². The molecule has 0 aliphatic heterocycles. The molecule has 7 heteroatoms. The van der Waals surface area contributed by atoms with Crippen molar-refractivity contribution in [2.24, 2.45) is 5.92 Å². The van der Waals surface area contributed by atoms with Crippen molar-refractivity contribution >= 4 is 5.97 Å². The van der Waals surface area contributed by atoms with Gasteiger partial charge in [0.1, 0.15) is 11.8 Å². The van der Waals surface area contributed by atoms with Crippen LogP contribution in [0, 0.1) is 5.92 Å². The monoisotopic (exact) mass is 291 g/mol. The third-order valence-electron chi connectivity index (χ3n) is 2.43. The number of carbonyl (C=O) groups is 1. The second-order valence-electron chi connectivity index (χ2n) is 4.66. The molecule has 0 spiro atoms. The van der Waals surface area contributed by atoms with Gasteiger partial charge >= 0.3 is 12.3 Å². The van der Waals surface area contributed by atoms with Gasteiger partial charge in [-0.1, -0.05) is 32.0 Å². The molecule has 20 heavy (non-hydrogen) atoms. The van der Waals surface area contributed by atoms with Crippen LogP contribution >= 0.6 is 0 Å². The van der Waals surface area contributed by atoms with Gasteiger partial charge in [-0.15, -0.1) is 13.2 Å². The average molecular weight is 291 g/mol. The summed E-state index contributed by atoms with van der Waals surface area (Å²) in [6.07, 6.45) is -4.86. The van der Waals surface area contributed by atoms with Gasteiger partial charge < -0.3 is 15.2 Å². The molecule has 0 saturated carbocycles. The first kappa shape index (κ1) is 16.3. The standard InChI is InChI=1S/C13H16F3NO3/c1-8(2)7-17-11(12(18)19)9-5-3-4-6-10(9)20-13(14,15)16/h3-6,8,11,17H,7H2,1-2H3,(H,18,19). The molecule has 1 unspecified atom stereocenters. The van der Waals surface area contributed by atoms with E-state index in [1.165, 1.54) is 18.2 Å². The second-order valence-corrected chi connectivity index (χ2v) is 4.66. The van der Waals surface area contributed by atoms with Crippen molar-refractivity contribution in [3.63, 3.8) is 0 Å². The lowest BCUT2D eigenvalue weighted by atomic mass is 10.0. The number of para-hydroxylation sites is 1. The van der Waals surface area contributed by atoms with Crippen LogP contribution in [0.1, 0.15) is 25.5 Å². The van der Waals surface area contributed by atoms with Crippen molar-refractivity contribution in [2.75, 3.05) is 6.54 Å². The molecule has 0 amide bonds. The number of hydrogen-bond acceptors (Lipinski definition) is 3. The van der Waals surface area contributed by atoms with Crippen LogP contribution in [0.4, 0.5) is 13.2 Å². The minimum Gasteiger partial charge on any atom is -0.480 e. The SMILES string of the molecule is CC(C)CNC(C(=O)O)c1ccccc1OC(F)(F)F. The maximum atomic E-state index is 12.3. The average Bonchev–Trinajstić information content (AvgIpc) is 2.28. The Labute approximate surface area is 114 Å². The van der Waals surface area contributed by atoms with E-state index in [1.807, 2.05) is 13.8 Å². The molecular formula is C13H16F3NO3. The lowest BCUT2D eigenvalue weighted by Crippen LogP contribution is -2.32. The van der Waals surface area contributed by atoms with Gasteiger partial charge in [0.25, 0.3) is 0 Å². The van der Waals surface area contributed by atoms with Gasteiger partial charge in [-0.25, -0.2) is 0 Å². The summed E-state index contributed by atoms with van der Waals surface area (Å²) >= 11 is 0. The number of halogens is 3. The first-order chi connectivity index (χ1) is 9.20. The number of alkyl halides is 3. The van der Waals surface area contributed by atoms with Crippen LogP contribution in [-0.2, 0) is 4.79 Å². The van der Waals surface area contributed by atoms with Crippen LogP contribution in [-0.4, -0.2) is 24.0 Å². The van der Waals surface area contributed by atoms with Gasteiger partial charge in [0.15, 0.2) is 0 Å². The quantitative estimate of drug-likeness (QED) is 0.846. The minimum atomic E-state index is -4.86. The molecule has 0 aliphatic carbocycles. The summed E-state index contributed by atoms with van der Waals surface area (Å²) in [5, 5.41) is 11.9. The predicted octanol–water partition coefficient (Wildman–Crippen LogP) is 2.96. The van der Waals surface area contributed by atoms with E-state index >= 15 is 0 Å². The normalized spacial score (nSPS) is 13.3. The molecule has 0 fully saturated rings. The summed E-state index contributed by atoms with van der Waals surface area (Å²) < 4.78 is 40.8. The fourth-order valence-electron chi connectivity index (χ4n) is 1.62. The highest BCUT2D eigenvalue weighted by Crippen LogP contribution is 2.30. The first-order valence-electron chi connectivity index (χ1n) is 6.01. The smallest absolute Gasteiger partial charge is 0.480 e. The van der Waals surface area contributed by atoms with Gasteiger partial charge in [0.05, 0.1) is 0 Å². The lowest BCUT2D eigenvalue weighted by molar-refractivity contribution is -0.275. The molecule has 0 aromatic heterocycles. The molecule has 1 aromatic carbocycles. The highest BCUT2D eigenvalue weighted by molar-refractivity contribution is 5.76. The maximum absolute atomic E-state index is 12.3. The van der Waals surface area contributed by atoms with E-state index in [-0.39, 0.29) is 11.5 Å². The molecule has 0 radical (unpaired) electrons. The van der Waals surface area contributed by atoms with Crippen LogP contribution < -0.4 is 10.1 Å². The maximum Gasteiger partial charge on any atom is 0.573 e. The zero-order chi connectivity index (χ0) is 15.3. The topological polar surface area (TPSA) is 58.6 Å². The number of benzene rings is 1. The van der Waals surface area contributed by atoms with Gasteiger partial charge in [-0.3, -0.25) is 4.79 Å². The number of ether oxygens (including phenoxy) is 1. The van der Waals surface area contributed by atoms with E-state index in [2.05, 4.69) is 10.1 Å². The molecule has 0 saturated heterocycles. The van der Waals surface area contributed by atoms with Crippen molar-refractivity contribution in [3.05, 3.63) is 29.8 Å². The largest absolute Gasteiger partial charge is 0.573 e. The lowest BCUT2D eigenvalue weighted by Gasteiger charge is -2.20. The van der Waals surface area contributed by atoms with Crippen LogP contribution in [0.2, 0.25) is 0 Å². The van der Waals surface area contributed by atoms with Crippen molar-refractivity contribution in [1.29, 1.82) is 0 Å². The van der Waals surface area contributed by atoms with Crippen LogP contribution in [0.15, 0.2) is 24.3 Å². The van der Waals surface area contributed by atoms with Gasteiger partial charge in [-0.05, 0) is 18.5 Å². The van der Waals surface area contributed by atoms with Crippen molar-refractivity contribution in [1.82, 2.24) is 5.32 Å². The molecule has 0 aliphatic rings. The van der Waals surface area contributed by atoms with Gasteiger partial charge in [-0.2, -0.15) is 0 Å². The van der Waals surface area contributed by atoms with E-state index in [9.17, 15) is 18.0 Å². The van der Waals surface area contributed by atoms with Crippen molar-refractivity contribution in [2.45, 2.75) is 26.3 Å². The number of nitrogens with one attached hydrogen (secondary N) is 1. The fraction of sp³-hybridized carbons (Fsp3) is 0.462. The number of carboxylic acid groups (broad SMARTS) is 1. The van der Waals surface area contributed by atoms with E-state index in [1.54, 1.807) is 0 Å². The zero-order valence-corrected chi connectivity index (χ0v) is 11.1. The zero-order valence-electron chi connectivity index (χ0n) is 11.1. The highest BCUT2D eigenvalue weighted by Gasteiger charge is 2.34. The number of rotatable bonds is 6. The Morgan fingerprint density at radius 3 is 2.45 bits per heavy atom. The van der Waals surface area contributed by atoms with E-state index in [0.29, 0.717) is 6.54 Å². The van der Waals surface area contributed by atoms with E-state index in [0.717, 1.165) is 6.07 Å². The van der Waals surface area contributed by atoms with Crippen LogP contribution in [0.25, 0.3) is 0 Å². The number of hydrogen-bond donors (Lipinski definition) is 2. The fourth-order valence-corrected chi connectivity index (χ4v) is 1.62. The second kappa shape index (κ2) is 6.60. The Balaban J connectivity index is 3.04. The van der Waals surface area contributed by atoms with Gasteiger partial charge in [0.2, 0.25) is 0 Å². The van der Waals surface area contributed by atoms with Crippen LogP contribution in [0.5, 0.6) is 5.75 Å². The summed E-state index contributed by atoms with van der Waals surface area (Å²) in [5.74, 6) is -1.61. The first-order valence-corrected chi connectivity index (χ1v) is 6.01. The van der Waals surface area contributed by atoms with Gasteiger partial charge in [0, 0.05) is 5.56 Å². The third kappa shape index (κ3) is 5.08. The Hall–Kier alpha value is -1.76. The summed E-state index contributed by atoms with van der Waals surface area (Å²) in [4.78, 5) is 11.2. The number of carboxylic acids is 1. The highest BCUT2D eigenvalue weighted by atomic mass is 19.4. The minimum absolute atomic E-state index is 0.0574. The molecule has 4 nitrogen and oxygen atoms in total. The molecule has 112 valence electrons. The van der Waals surface area contributed by atoms with Crippen molar-refractivity contribution < 1.29 is 27.8 Å². The summed E-state index contributed by atoms with van der Waals surface area (Å²) in [5.41, 5.74) is -0.0574. The van der Waals surface area contributed by atoms with E-state index < -0.39 is 24.1 Å². The van der Waals surface area contributed by atoms with E-state index in [4.69, 9.17) is 5.11 Å². The Bertz CT molecular complexity index is 460. The molecular weight excluding hydrogens is 275 g/mol. The Kier molecular flexibility index (Phi) is 5.38. The summed E-state index contributed by atoms with van der Waals surface area (Å²) in [6.45, 7) is 4.09. The predicted molar refractivity (Wildman–Crippen MR) is 66.3 cm³/mol. The number of aliphatic carboxylic acids is 1. The molecule has 0 heterocycles. The van der Waals surface area contributed by atoms with Crippen molar-refractivity contribution in [3.8, 4) is 5.75 Å². The molecule has 1 atom stereocenters. The summed E-state index contributed by atoms with van der Waals surface area (Å²) in [6, 6.07) is 3.96. The Morgan fingerprint density at radius 2 is 1.95 bits per heavy atom.